The first-order chi connectivity index (χ1) is 8.74. The number of hydrogen-bond donors (Lipinski definition) is 2. The van der Waals surface area contributed by atoms with Gasteiger partial charge >= 0.3 is 0 Å². The zero-order valence-electron chi connectivity index (χ0n) is 10.2. The van der Waals surface area contributed by atoms with Gasteiger partial charge in [-0.05, 0) is 24.6 Å². The molecule has 1 aromatic rings. The Hall–Kier alpha value is -1.46. The van der Waals surface area contributed by atoms with Crippen molar-refractivity contribution in [2.45, 2.75) is 13.5 Å². The first-order valence-electron chi connectivity index (χ1n) is 5.83. The first kappa shape index (κ1) is 13.0. The lowest BCUT2D eigenvalue weighted by Gasteiger charge is -2.09. The van der Waals surface area contributed by atoms with Crippen molar-refractivity contribution in [2.75, 3.05) is 17.7 Å². The van der Waals surface area contributed by atoms with Crippen LogP contribution >= 0.6 is 11.8 Å². The lowest BCUT2D eigenvalue weighted by molar-refractivity contribution is -0.124. The largest absolute Gasteiger partial charge is 0.392 e. The zero-order chi connectivity index (χ0) is 13.0. The molecule has 1 aliphatic heterocycles. The van der Waals surface area contributed by atoms with Gasteiger partial charge in [-0.1, -0.05) is 23.9 Å². The third-order valence-electron chi connectivity index (χ3n) is 2.76. The number of aliphatic hydroxyl groups is 1. The number of thioether (sulfide) groups is 1. The summed E-state index contributed by atoms with van der Waals surface area (Å²) in [6, 6.07) is 7.46. The van der Waals surface area contributed by atoms with Crippen molar-refractivity contribution in [3.05, 3.63) is 40.9 Å². The molecule has 1 aliphatic rings. The summed E-state index contributed by atoms with van der Waals surface area (Å²) in [5.41, 5.74) is 1.78. The van der Waals surface area contributed by atoms with E-state index in [9.17, 15) is 4.79 Å². The molecule has 4 nitrogen and oxygen atoms in total. The molecule has 2 rings (SSSR count). The molecular weight excluding hydrogens is 248 g/mol. The van der Waals surface area contributed by atoms with Crippen molar-refractivity contribution in [1.29, 1.82) is 0 Å². The van der Waals surface area contributed by atoms with Crippen molar-refractivity contribution in [3.63, 3.8) is 0 Å². The van der Waals surface area contributed by atoms with Crippen LogP contribution in [0.4, 0.5) is 5.69 Å². The van der Waals surface area contributed by atoms with Crippen molar-refractivity contribution in [3.8, 4) is 0 Å². The maximum atomic E-state index is 11.8. The van der Waals surface area contributed by atoms with Crippen LogP contribution in [0.2, 0.25) is 0 Å². The van der Waals surface area contributed by atoms with Crippen molar-refractivity contribution in [1.82, 2.24) is 4.90 Å². The van der Waals surface area contributed by atoms with Crippen LogP contribution in [0, 0.1) is 0 Å². The van der Waals surface area contributed by atoms with E-state index in [-0.39, 0.29) is 12.5 Å². The molecule has 0 atom stereocenters. The number of rotatable bonds is 4. The Balaban J connectivity index is 2.00. The van der Waals surface area contributed by atoms with Crippen LogP contribution in [-0.4, -0.2) is 28.3 Å². The minimum absolute atomic E-state index is 0.0428. The quantitative estimate of drug-likeness (QED) is 0.817. The topological polar surface area (TPSA) is 52.6 Å². The van der Waals surface area contributed by atoms with E-state index >= 15 is 0 Å². The van der Waals surface area contributed by atoms with Gasteiger partial charge in [-0.15, -0.1) is 0 Å². The van der Waals surface area contributed by atoms with E-state index < -0.39 is 0 Å². The molecular formula is C13H16N2O2S. The highest BCUT2D eigenvalue weighted by molar-refractivity contribution is 8.04. The van der Waals surface area contributed by atoms with Gasteiger partial charge in [0.1, 0.15) is 0 Å². The number of carbonyl (C=O) groups is 1. The maximum Gasteiger partial charge on any atom is 0.262 e. The Morgan fingerprint density at radius 1 is 1.44 bits per heavy atom. The molecule has 0 aromatic heterocycles. The fourth-order valence-electron chi connectivity index (χ4n) is 1.62. The predicted octanol–water partition coefficient (Wildman–Crippen LogP) is 1.98. The van der Waals surface area contributed by atoms with Crippen molar-refractivity contribution in [2.24, 2.45) is 0 Å². The second kappa shape index (κ2) is 5.93. The van der Waals surface area contributed by atoms with E-state index in [1.807, 2.05) is 31.2 Å². The smallest absolute Gasteiger partial charge is 0.262 e. The number of nitrogens with zero attached hydrogens (tertiary/aromatic N) is 1. The summed E-state index contributed by atoms with van der Waals surface area (Å²) in [5.74, 6) is 0.814. The molecule has 0 radical (unpaired) electrons. The summed E-state index contributed by atoms with van der Waals surface area (Å²) >= 11 is 1.55. The number of carbonyl (C=O) groups excluding carboxylic acids is 1. The Labute approximate surface area is 111 Å². The monoisotopic (exact) mass is 264 g/mol. The van der Waals surface area contributed by atoms with Gasteiger partial charge in [0.05, 0.1) is 17.4 Å². The van der Waals surface area contributed by atoms with Gasteiger partial charge in [-0.3, -0.25) is 4.79 Å². The molecule has 18 heavy (non-hydrogen) atoms. The Kier molecular flexibility index (Phi) is 4.28. The SMILES string of the molecule is CCN1CSC(=CNc2ccc(CO)cc2)C1=O. The van der Waals surface area contributed by atoms with E-state index in [4.69, 9.17) is 5.11 Å². The Bertz CT molecular complexity index is 457. The lowest BCUT2D eigenvalue weighted by Crippen LogP contribution is -2.24. The molecule has 5 heteroatoms. The molecule has 1 fully saturated rings. The van der Waals surface area contributed by atoms with Crippen LogP contribution in [0.1, 0.15) is 12.5 Å². The Morgan fingerprint density at radius 3 is 2.72 bits per heavy atom. The molecule has 1 heterocycles. The van der Waals surface area contributed by atoms with E-state index in [0.29, 0.717) is 0 Å². The zero-order valence-corrected chi connectivity index (χ0v) is 11.0. The number of likely N-dealkylation sites (N-methyl/N-ethyl adjacent to an activating group) is 1. The summed E-state index contributed by atoms with van der Waals surface area (Å²) in [6.07, 6.45) is 1.75. The van der Waals surface area contributed by atoms with Crippen LogP contribution in [0.3, 0.4) is 0 Å². The standard InChI is InChI=1S/C13H16N2O2S/c1-2-15-9-18-12(13(15)17)7-14-11-5-3-10(8-16)4-6-11/h3-7,14,16H,2,8-9H2,1H3. The van der Waals surface area contributed by atoms with E-state index in [1.54, 1.807) is 22.9 Å². The summed E-state index contributed by atoms with van der Waals surface area (Å²) in [7, 11) is 0. The van der Waals surface area contributed by atoms with Crippen LogP contribution < -0.4 is 5.32 Å². The van der Waals surface area contributed by atoms with E-state index in [1.165, 1.54) is 0 Å². The highest BCUT2D eigenvalue weighted by Crippen LogP contribution is 2.27. The van der Waals surface area contributed by atoms with Crippen molar-refractivity contribution < 1.29 is 9.90 Å². The third-order valence-corrected chi connectivity index (χ3v) is 3.81. The molecule has 96 valence electrons. The summed E-state index contributed by atoms with van der Waals surface area (Å²) < 4.78 is 0. The van der Waals surface area contributed by atoms with Gasteiger partial charge in [0.2, 0.25) is 0 Å². The molecule has 1 aromatic carbocycles. The maximum absolute atomic E-state index is 11.8. The number of benzene rings is 1. The van der Waals surface area contributed by atoms with E-state index in [2.05, 4.69) is 5.32 Å². The predicted molar refractivity (Wildman–Crippen MR) is 73.9 cm³/mol. The van der Waals surface area contributed by atoms with Gasteiger partial charge in [0, 0.05) is 18.4 Å². The van der Waals surface area contributed by atoms with Gasteiger partial charge in [0.25, 0.3) is 5.91 Å². The van der Waals surface area contributed by atoms with Gasteiger partial charge in [0.15, 0.2) is 0 Å². The average Bonchev–Trinajstić information content (AvgIpc) is 2.77. The molecule has 0 bridgehead atoms. The summed E-state index contributed by atoms with van der Waals surface area (Å²) in [5, 5.41) is 12.0. The minimum Gasteiger partial charge on any atom is -0.392 e. The highest BCUT2D eigenvalue weighted by atomic mass is 32.2. The first-order valence-corrected chi connectivity index (χ1v) is 6.81. The molecule has 2 N–H and O–H groups in total. The highest BCUT2D eigenvalue weighted by Gasteiger charge is 2.24. The van der Waals surface area contributed by atoms with Crippen LogP contribution in [0.25, 0.3) is 0 Å². The molecule has 0 saturated carbocycles. The second-order valence-electron chi connectivity index (χ2n) is 3.94. The number of amides is 1. The average molecular weight is 264 g/mol. The number of hydrogen-bond acceptors (Lipinski definition) is 4. The fraction of sp³-hybridized carbons (Fsp3) is 0.308. The molecule has 0 spiro atoms. The molecule has 0 unspecified atom stereocenters. The van der Waals surface area contributed by atoms with Gasteiger partial charge in [-0.2, -0.15) is 0 Å². The molecule has 1 amide bonds. The third kappa shape index (κ3) is 2.86. The van der Waals surface area contributed by atoms with Crippen LogP contribution in [0.5, 0.6) is 0 Å². The molecule has 1 saturated heterocycles. The van der Waals surface area contributed by atoms with E-state index in [0.717, 1.165) is 28.6 Å². The van der Waals surface area contributed by atoms with Crippen molar-refractivity contribution >= 4 is 23.4 Å². The minimum atomic E-state index is 0.0428. The number of anilines is 1. The second-order valence-corrected chi connectivity index (χ2v) is 4.93. The summed E-state index contributed by atoms with van der Waals surface area (Å²) in [6.45, 7) is 2.76. The van der Waals surface area contributed by atoms with Crippen LogP contribution in [-0.2, 0) is 11.4 Å². The molecule has 0 aliphatic carbocycles. The van der Waals surface area contributed by atoms with Gasteiger partial charge in [-0.25, -0.2) is 0 Å². The fourth-order valence-corrected chi connectivity index (χ4v) is 2.61. The summed E-state index contributed by atoms with van der Waals surface area (Å²) in [4.78, 5) is 14.4. The lowest BCUT2D eigenvalue weighted by atomic mass is 10.2. The van der Waals surface area contributed by atoms with Crippen LogP contribution in [0.15, 0.2) is 35.4 Å². The normalized spacial score (nSPS) is 17.6. The number of nitrogens with one attached hydrogen (secondary N) is 1. The Morgan fingerprint density at radius 2 is 2.17 bits per heavy atom. The number of aliphatic hydroxyl groups excluding tert-OH is 1. The van der Waals surface area contributed by atoms with Gasteiger partial charge < -0.3 is 15.3 Å².